The number of urea groups is 1. The quantitative estimate of drug-likeness (QED) is 0.590. The van der Waals surface area contributed by atoms with Crippen LogP contribution in [0.15, 0.2) is 84.9 Å². The molecule has 0 spiro atoms. The van der Waals surface area contributed by atoms with Crippen molar-refractivity contribution in [2.45, 2.75) is 6.54 Å². The largest absolute Gasteiger partial charge is 0.492 e. The van der Waals surface area contributed by atoms with Gasteiger partial charge in [-0.15, -0.1) is 0 Å². The molecule has 5 nitrogen and oxygen atoms in total. The number of hydrogen-bond acceptors (Lipinski definition) is 3. The van der Waals surface area contributed by atoms with Crippen LogP contribution in [0.1, 0.15) is 21.5 Å². The average molecular weight is 388 g/mol. The Morgan fingerprint density at radius 1 is 0.828 bits per heavy atom. The summed E-state index contributed by atoms with van der Waals surface area (Å²) in [5.41, 5.74) is 2.32. The molecule has 3 rings (SSSR count). The Labute approximate surface area is 170 Å². The van der Waals surface area contributed by atoms with Crippen LogP contribution < -0.4 is 10.1 Å². The van der Waals surface area contributed by atoms with Crippen LogP contribution in [0.25, 0.3) is 0 Å². The molecule has 1 N–H and O–H groups in total. The highest BCUT2D eigenvalue weighted by Gasteiger charge is 2.13. The third-order valence-corrected chi connectivity index (χ3v) is 4.50. The second kappa shape index (κ2) is 10.1. The molecule has 0 bridgehead atoms. The van der Waals surface area contributed by atoms with Crippen LogP contribution in [0.4, 0.5) is 4.79 Å². The molecule has 29 heavy (non-hydrogen) atoms. The smallest absolute Gasteiger partial charge is 0.317 e. The molecule has 0 unspecified atom stereocenters. The van der Waals surface area contributed by atoms with E-state index in [2.05, 4.69) is 5.32 Å². The molecule has 0 atom stereocenters. The monoisotopic (exact) mass is 388 g/mol. The van der Waals surface area contributed by atoms with Crippen molar-refractivity contribution in [1.29, 1.82) is 0 Å². The number of amides is 2. The fraction of sp³-hybridized carbons (Fsp3) is 0.167. The van der Waals surface area contributed by atoms with E-state index in [1.165, 1.54) is 0 Å². The fourth-order valence-corrected chi connectivity index (χ4v) is 2.95. The molecule has 0 heterocycles. The first-order valence-corrected chi connectivity index (χ1v) is 9.50. The van der Waals surface area contributed by atoms with Crippen LogP contribution in [-0.4, -0.2) is 36.9 Å². The van der Waals surface area contributed by atoms with E-state index in [1.54, 1.807) is 48.3 Å². The van der Waals surface area contributed by atoms with Crippen LogP contribution >= 0.6 is 0 Å². The molecule has 3 aromatic rings. The Bertz CT molecular complexity index is 925. The summed E-state index contributed by atoms with van der Waals surface area (Å²) in [6, 6.07) is 25.9. The third kappa shape index (κ3) is 5.69. The van der Waals surface area contributed by atoms with Crippen molar-refractivity contribution in [2.75, 3.05) is 20.2 Å². The standard InChI is InChI=1S/C24H24N2O3/c1-25-24(28)26(18-19-8-4-2-5-9-19)16-17-29-22-14-12-21(13-15-22)23(27)20-10-6-3-7-11-20/h2-15H,16-18H2,1H3,(H,25,28). The third-order valence-electron chi connectivity index (χ3n) is 4.50. The van der Waals surface area contributed by atoms with Crippen molar-refractivity contribution in [3.63, 3.8) is 0 Å². The van der Waals surface area contributed by atoms with Gasteiger partial charge in [0.25, 0.3) is 0 Å². The van der Waals surface area contributed by atoms with Gasteiger partial charge in [-0.3, -0.25) is 4.79 Å². The van der Waals surface area contributed by atoms with Gasteiger partial charge in [0.15, 0.2) is 5.78 Å². The molecule has 0 aliphatic carbocycles. The lowest BCUT2D eigenvalue weighted by atomic mass is 10.0. The van der Waals surface area contributed by atoms with E-state index in [1.807, 2.05) is 48.5 Å². The summed E-state index contributed by atoms with van der Waals surface area (Å²) in [6.45, 7) is 1.31. The summed E-state index contributed by atoms with van der Waals surface area (Å²) in [6.07, 6.45) is 0. The summed E-state index contributed by atoms with van der Waals surface area (Å²) < 4.78 is 5.78. The zero-order chi connectivity index (χ0) is 20.5. The van der Waals surface area contributed by atoms with Gasteiger partial charge in [0.2, 0.25) is 0 Å². The van der Waals surface area contributed by atoms with Gasteiger partial charge in [-0.1, -0.05) is 60.7 Å². The van der Waals surface area contributed by atoms with Crippen molar-refractivity contribution >= 4 is 11.8 Å². The Kier molecular flexibility index (Phi) is 7.00. The van der Waals surface area contributed by atoms with Gasteiger partial charge < -0.3 is 15.0 Å². The van der Waals surface area contributed by atoms with Crippen LogP contribution in [0.2, 0.25) is 0 Å². The molecule has 0 aliphatic heterocycles. The minimum atomic E-state index is -0.152. The molecule has 5 heteroatoms. The molecule has 2 amide bonds. The number of rotatable bonds is 8. The Balaban J connectivity index is 1.56. The van der Waals surface area contributed by atoms with Crippen LogP contribution in [0, 0.1) is 0 Å². The second-order valence-corrected chi connectivity index (χ2v) is 6.53. The van der Waals surface area contributed by atoms with E-state index in [0.717, 1.165) is 5.56 Å². The summed E-state index contributed by atoms with van der Waals surface area (Å²) in [4.78, 5) is 26.3. The predicted molar refractivity (Wildman–Crippen MR) is 113 cm³/mol. The molecule has 0 fully saturated rings. The highest BCUT2D eigenvalue weighted by atomic mass is 16.5. The minimum Gasteiger partial charge on any atom is -0.492 e. The topological polar surface area (TPSA) is 58.6 Å². The number of benzene rings is 3. The average Bonchev–Trinajstić information content (AvgIpc) is 2.79. The molecular weight excluding hydrogens is 364 g/mol. The number of ketones is 1. The summed E-state index contributed by atoms with van der Waals surface area (Å²) in [5, 5.41) is 2.66. The molecule has 3 aromatic carbocycles. The number of nitrogens with one attached hydrogen (secondary N) is 1. The van der Waals surface area contributed by atoms with Gasteiger partial charge in [-0.2, -0.15) is 0 Å². The molecule has 0 saturated heterocycles. The molecule has 0 saturated carbocycles. The fourth-order valence-electron chi connectivity index (χ4n) is 2.95. The van der Waals surface area contributed by atoms with E-state index in [-0.39, 0.29) is 11.8 Å². The maximum absolute atomic E-state index is 12.5. The predicted octanol–water partition coefficient (Wildman–Crippen LogP) is 4.14. The molecular formula is C24H24N2O3. The lowest BCUT2D eigenvalue weighted by Crippen LogP contribution is -2.40. The van der Waals surface area contributed by atoms with Crippen molar-refractivity contribution < 1.29 is 14.3 Å². The van der Waals surface area contributed by atoms with E-state index in [9.17, 15) is 9.59 Å². The van der Waals surface area contributed by atoms with Crippen molar-refractivity contribution in [2.24, 2.45) is 0 Å². The van der Waals surface area contributed by atoms with Gasteiger partial charge in [0, 0.05) is 24.7 Å². The van der Waals surface area contributed by atoms with Gasteiger partial charge in [0.1, 0.15) is 12.4 Å². The SMILES string of the molecule is CNC(=O)N(CCOc1ccc(C(=O)c2ccccc2)cc1)Cc1ccccc1. The van der Waals surface area contributed by atoms with Gasteiger partial charge in [0.05, 0.1) is 6.54 Å². The van der Waals surface area contributed by atoms with Crippen LogP contribution in [0.3, 0.4) is 0 Å². The van der Waals surface area contributed by atoms with Crippen LogP contribution in [0.5, 0.6) is 5.75 Å². The number of carbonyl (C=O) groups excluding carboxylic acids is 2. The zero-order valence-corrected chi connectivity index (χ0v) is 16.4. The summed E-state index contributed by atoms with van der Waals surface area (Å²) in [5.74, 6) is 0.636. The second-order valence-electron chi connectivity index (χ2n) is 6.53. The first-order chi connectivity index (χ1) is 14.2. The molecule has 148 valence electrons. The summed E-state index contributed by atoms with van der Waals surface area (Å²) in [7, 11) is 1.61. The first kappa shape index (κ1) is 20.1. The lowest BCUT2D eigenvalue weighted by molar-refractivity contribution is 0.103. The van der Waals surface area contributed by atoms with Crippen molar-refractivity contribution in [1.82, 2.24) is 10.2 Å². The number of ether oxygens (including phenoxy) is 1. The maximum Gasteiger partial charge on any atom is 0.317 e. The maximum atomic E-state index is 12.5. The highest BCUT2D eigenvalue weighted by molar-refractivity contribution is 6.08. The number of carbonyl (C=O) groups is 2. The molecule has 0 aromatic heterocycles. The summed E-state index contributed by atoms with van der Waals surface area (Å²) >= 11 is 0. The molecule has 0 aliphatic rings. The van der Waals surface area contributed by atoms with E-state index in [4.69, 9.17) is 4.74 Å². The van der Waals surface area contributed by atoms with E-state index < -0.39 is 0 Å². The number of nitrogens with zero attached hydrogens (tertiary/aromatic N) is 1. The minimum absolute atomic E-state index is 0.0224. The van der Waals surface area contributed by atoms with E-state index >= 15 is 0 Å². The Morgan fingerprint density at radius 3 is 2.03 bits per heavy atom. The number of hydrogen-bond donors (Lipinski definition) is 1. The van der Waals surface area contributed by atoms with Gasteiger partial charge in [-0.25, -0.2) is 4.79 Å². The normalized spacial score (nSPS) is 10.2. The van der Waals surface area contributed by atoms with Gasteiger partial charge in [-0.05, 0) is 29.8 Å². The van der Waals surface area contributed by atoms with Crippen molar-refractivity contribution in [3.8, 4) is 5.75 Å². The lowest BCUT2D eigenvalue weighted by Gasteiger charge is -2.22. The zero-order valence-electron chi connectivity index (χ0n) is 16.4. The van der Waals surface area contributed by atoms with Crippen molar-refractivity contribution in [3.05, 3.63) is 102 Å². The van der Waals surface area contributed by atoms with Crippen LogP contribution in [-0.2, 0) is 6.54 Å². The Morgan fingerprint density at radius 2 is 1.41 bits per heavy atom. The van der Waals surface area contributed by atoms with Gasteiger partial charge >= 0.3 is 6.03 Å². The Hall–Kier alpha value is -3.60. The highest BCUT2D eigenvalue weighted by Crippen LogP contribution is 2.16. The first-order valence-electron chi connectivity index (χ1n) is 9.50. The van der Waals surface area contributed by atoms with E-state index in [0.29, 0.717) is 36.6 Å². The molecule has 0 radical (unpaired) electrons.